The number of benzene rings is 2. The van der Waals surface area contributed by atoms with Gasteiger partial charge in [0.25, 0.3) is 0 Å². The highest BCUT2D eigenvalue weighted by Crippen LogP contribution is 2.04. The highest BCUT2D eigenvalue weighted by Gasteiger charge is 1.98. The molecule has 0 saturated carbocycles. The molecule has 0 fully saturated rings. The van der Waals surface area contributed by atoms with Crippen LogP contribution in [0.2, 0.25) is 10.0 Å². The molecular weight excluding hydrogens is 243 g/mol. The third kappa shape index (κ3) is 3.10. The van der Waals surface area contributed by atoms with Crippen molar-refractivity contribution in [1.29, 1.82) is 0 Å². The second kappa shape index (κ2) is 4.84. The second-order valence-electron chi connectivity index (χ2n) is 3.14. The lowest BCUT2D eigenvalue weighted by Gasteiger charge is -2.00. The predicted molar refractivity (Wildman–Crippen MR) is 67.9 cm³/mol. The number of rotatable bonds is 2. The normalized spacial score (nSPS) is 10.3. The van der Waals surface area contributed by atoms with Crippen LogP contribution in [0.3, 0.4) is 0 Å². The lowest BCUT2D eigenvalue weighted by molar-refractivity contribution is 1.74. The summed E-state index contributed by atoms with van der Waals surface area (Å²) in [5.41, 5.74) is 0. The van der Waals surface area contributed by atoms with Crippen LogP contribution in [-0.4, -0.2) is 9.52 Å². The minimum Gasteiger partial charge on any atom is -0.0843 e. The summed E-state index contributed by atoms with van der Waals surface area (Å²) in [5.74, 6) is 0. The summed E-state index contributed by atoms with van der Waals surface area (Å²) >= 11 is 11.6. The Kier molecular flexibility index (Phi) is 3.47. The molecular formula is C12H8Cl2Si. The molecule has 74 valence electrons. The van der Waals surface area contributed by atoms with E-state index in [1.807, 2.05) is 24.3 Å². The van der Waals surface area contributed by atoms with Crippen LogP contribution >= 0.6 is 23.2 Å². The fourth-order valence-electron chi connectivity index (χ4n) is 1.23. The summed E-state index contributed by atoms with van der Waals surface area (Å²) in [6.07, 6.45) is 0. The van der Waals surface area contributed by atoms with E-state index in [4.69, 9.17) is 23.2 Å². The topological polar surface area (TPSA) is 0 Å². The number of hydrogen-bond acceptors (Lipinski definition) is 0. The quantitative estimate of drug-likeness (QED) is 0.720. The second-order valence-corrected chi connectivity index (χ2v) is 5.42. The Morgan fingerprint density at radius 1 is 0.600 bits per heavy atom. The summed E-state index contributed by atoms with van der Waals surface area (Å²) in [6.45, 7) is 0. The third-order valence-electron chi connectivity index (χ3n) is 1.98. The Balaban J connectivity index is 2.15. The maximum Gasteiger partial charge on any atom is 0.121 e. The molecule has 0 atom stereocenters. The molecule has 2 rings (SSSR count). The van der Waals surface area contributed by atoms with Gasteiger partial charge in [0.1, 0.15) is 9.52 Å². The first-order chi connectivity index (χ1) is 7.24. The zero-order chi connectivity index (χ0) is 10.7. The van der Waals surface area contributed by atoms with Crippen molar-refractivity contribution in [1.82, 2.24) is 0 Å². The molecule has 0 aliphatic heterocycles. The first kappa shape index (κ1) is 10.7. The van der Waals surface area contributed by atoms with Gasteiger partial charge in [-0.25, -0.2) is 0 Å². The van der Waals surface area contributed by atoms with Crippen LogP contribution in [0, 0.1) is 0 Å². The van der Waals surface area contributed by atoms with Crippen molar-refractivity contribution >= 4 is 43.1 Å². The van der Waals surface area contributed by atoms with Gasteiger partial charge in [-0.1, -0.05) is 57.8 Å². The molecule has 2 aromatic rings. The van der Waals surface area contributed by atoms with Crippen LogP contribution in [0.1, 0.15) is 0 Å². The Morgan fingerprint density at radius 2 is 0.933 bits per heavy atom. The molecule has 0 spiro atoms. The van der Waals surface area contributed by atoms with E-state index >= 15 is 0 Å². The molecule has 0 unspecified atom stereocenters. The summed E-state index contributed by atoms with van der Waals surface area (Å²) in [4.78, 5) is 0. The van der Waals surface area contributed by atoms with Crippen molar-refractivity contribution in [3.63, 3.8) is 0 Å². The fraction of sp³-hybridized carbons (Fsp3) is 0. The van der Waals surface area contributed by atoms with Gasteiger partial charge in [-0.2, -0.15) is 0 Å². The molecule has 15 heavy (non-hydrogen) atoms. The molecule has 0 amide bonds. The first-order valence-electron chi connectivity index (χ1n) is 4.52. The molecule has 0 heterocycles. The van der Waals surface area contributed by atoms with Crippen molar-refractivity contribution in [2.45, 2.75) is 0 Å². The largest absolute Gasteiger partial charge is 0.121 e. The minimum absolute atomic E-state index is 0.652. The van der Waals surface area contributed by atoms with Gasteiger partial charge < -0.3 is 0 Å². The van der Waals surface area contributed by atoms with E-state index in [0.29, 0.717) is 9.52 Å². The Morgan fingerprint density at radius 3 is 1.27 bits per heavy atom. The minimum atomic E-state index is 0.652. The van der Waals surface area contributed by atoms with Crippen LogP contribution in [0.5, 0.6) is 0 Å². The number of halogens is 2. The molecule has 0 N–H and O–H groups in total. The SMILES string of the molecule is Clc1ccc([Si]c2ccc(Cl)cc2)cc1. The third-order valence-corrected chi connectivity index (χ3v) is 3.73. The van der Waals surface area contributed by atoms with Crippen molar-refractivity contribution in [3.05, 3.63) is 58.6 Å². The zero-order valence-electron chi connectivity index (χ0n) is 7.87. The van der Waals surface area contributed by atoms with E-state index in [9.17, 15) is 0 Å². The highest BCUT2D eigenvalue weighted by molar-refractivity contribution is 6.67. The average molecular weight is 251 g/mol. The standard InChI is InChI=1S/C12H8Cl2Si/c13-9-1-5-11(6-2-9)15-12-7-3-10(14)4-8-12/h1-8H. The van der Waals surface area contributed by atoms with Gasteiger partial charge in [0.05, 0.1) is 0 Å². The van der Waals surface area contributed by atoms with Crippen molar-refractivity contribution in [2.75, 3.05) is 0 Å². The van der Waals surface area contributed by atoms with Gasteiger partial charge in [-0.05, 0) is 24.3 Å². The van der Waals surface area contributed by atoms with Gasteiger partial charge in [-0.3, -0.25) is 0 Å². The summed E-state index contributed by atoms with van der Waals surface area (Å²) < 4.78 is 0. The molecule has 0 saturated heterocycles. The average Bonchev–Trinajstić information content (AvgIpc) is 2.25. The number of hydrogen-bond donors (Lipinski definition) is 0. The summed E-state index contributed by atoms with van der Waals surface area (Å²) in [7, 11) is 0.652. The zero-order valence-corrected chi connectivity index (χ0v) is 10.4. The van der Waals surface area contributed by atoms with Crippen LogP contribution in [0.25, 0.3) is 0 Å². The molecule has 0 bridgehead atoms. The highest BCUT2D eigenvalue weighted by atomic mass is 35.5. The van der Waals surface area contributed by atoms with E-state index in [2.05, 4.69) is 24.3 Å². The molecule has 0 aromatic heterocycles. The lowest BCUT2D eigenvalue weighted by atomic mass is 10.4. The summed E-state index contributed by atoms with van der Waals surface area (Å²) in [6, 6.07) is 15.9. The van der Waals surface area contributed by atoms with Crippen LogP contribution in [0.4, 0.5) is 0 Å². The smallest absolute Gasteiger partial charge is 0.0843 e. The lowest BCUT2D eigenvalue weighted by Crippen LogP contribution is -2.26. The molecule has 0 aliphatic rings. The van der Waals surface area contributed by atoms with Crippen molar-refractivity contribution in [3.8, 4) is 0 Å². The van der Waals surface area contributed by atoms with E-state index in [1.165, 1.54) is 10.4 Å². The Bertz CT molecular complexity index is 391. The van der Waals surface area contributed by atoms with E-state index in [-0.39, 0.29) is 0 Å². The van der Waals surface area contributed by atoms with Crippen LogP contribution < -0.4 is 10.4 Å². The predicted octanol–water partition coefficient (Wildman–Crippen LogP) is 2.65. The van der Waals surface area contributed by atoms with Crippen LogP contribution in [-0.2, 0) is 0 Å². The van der Waals surface area contributed by atoms with Gasteiger partial charge in [-0.15, -0.1) is 0 Å². The maximum atomic E-state index is 5.82. The Hall–Kier alpha value is -0.763. The van der Waals surface area contributed by atoms with Gasteiger partial charge in [0, 0.05) is 10.0 Å². The Labute approximate surface area is 102 Å². The molecule has 0 nitrogen and oxygen atoms in total. The van der Waals surface area contributed by atoms with E-state index < -0.39 is 0 Å². The van der Waals surface area contributed by atoms with E-state index in [1.54, 1.807) is 0 Å². The van der Waals surface area contributed by atoms with Crippen LogP contribution in [0.15, 0.2) is 48.5 Å². The monoisotopic (exact) mass is 250 g/mol. The molecule has 2 aromatic carbocycles. The molecule has 2 radical (unpaired) electrons. The van der Waals surface area contributed by atoms with E-state index in [0.717, 1.165) is 10.0 Å². The first-order valence-corrected chi connectivity index (χ1v) is 6.28. The molecule has 0 aliphatic carbocycles. The maximum absolute atomic E-state index is 5.82. The van der Waals surface area contributed by atoms with Gasteiger partial charge >= 0.3 is 0 Å². The fourth-order valence-corrected chi connectivity index (χ4v) is 2.49. The van der Waals surface area contributed by atoms with Gasteiger partial charge in [0.15, 0.2) is 0 Å². The van der Waals surface area contributed by atoms with Crippen molar-refractivity contribution < 1.29 is 0 Å². The van der Waals surface area contributed by atoms with Crippen molar-refractivity contribution in [2.24, 2.45) is 0 Å². The summed E-state index contributed by atoms with van der Waals surface area (Å²) in [5, 5.41) is 4.11. The van der Waals surface area contributed by atoms with Gasteiger partial charge in [0.2, 0.25) is 0 Å². The molecule has 3 heteroatoms.